The summed E-state index contributed by atoms with van der Waals surface area (Å²) in [5, 5.41) is 3.65. The van der Waals surface area contributed by atoms with Crippen molar-refractivity contribution in [2.45, 2.75) is 33.8 Å². The van der Waals surface area contributed by atoms with E-state index < -0.39 is 12.1 Å². The highest BCUT2D eigenvalue weighted by Gasteiger charge is 2.18. The first-order chi connectivity index (χ1) is 12.7. The number of amides is 1. The molecule has 1 atom stereocenters. The Kier molecular flexibility index (Phi) is 7.05. The van der Waals surface area contributed by atoms with E-state index >= 15 is 0 Å². The molecule has 0 aliphatic rings. The minimum Gasteiger partial charge on any atom is -0.449 e. The molecule has 0 saturated carbocycles. The molecule has 0 bridgehead atoms. The molecular formula is C21H21Cl2NO3. The molecule has 0 saturated heterocycles. The lowest BCUT2D eigenvalue weighted by atomic mass is 10.0. The van der Waals surface area contributed by atoms with E-state index in [0.29, 0.717) is 15.6 Å². The summed E-state index contributed by atoms with van der Waals surface area (Å²) in [6.07, 6.45) is 1.85. The Morgan fingerprint density at radius 2 is 1.67 bits per heavy atom. The Balaban J connectivity index is 1.98. The molecule has 0 aromatic heterocycles. The summed E-state index contributed by atoms with van der Waals surface area (Å²) in [5.74, 6) is -1.01. The van der Waals surface area contributed by atoms with E-state index in [-0.39, 0.29) is 5.91 Å². The number of ether oxygens (including phenoxy) is 1. The third-order valence-corrected chi connectivity index (χ3v) is 4.68. The minimum atomic E-state index is -0.934. The maximum absolute atomic E-state index is 12.3. The number of anilines is 1. The monoisotopic (exact) mass is 405 g/mol. The SMILES string of the molecule is Cc1cc(C)c(NC(=O)[C@H](C)OC(=O)/C=C/c2ccc(Cl)c(Cl)c2)c(C)c1. The van der Waals surface area contributed by atoms with E-state index in [9.17, 15) is 9.59 Å². The van der Waals surface area contributed by atoms with Crippen LogP contribution in [0.25, 0.3) is 6.08 Å². The fourth-order valence-corrected chi connectivity index (χ4v) is 2.96. The van der Waals surface area contributed by atoms with Crippen LogP contribution >= 0.6 is 23.2 Å². The average molecular weight is 406 g/mol. The fraction of sp³-hybridized carbons (Fsp3) is 0.238. The van der Waals surface area contributed by atoms with Crippen molar-refractivity contribution in [1.82, 2.24) is 0 Å². The van der Waals surface area contributed by atoms with E-state index in [1.54, 1.807) is 24.3 Å². The summed E-state index contributed by atoms with van der Waals surface area (Å²) >= 11 is 11.8. The van der Waals surface area contributed by atoms with E-state index in [1.807, 2.05) is 32.9 Å². The second-order valence-electron chi connectivity index (χ2n) is 6.35. The van der Waals surface area contributed by atoms with Gasteiger partial charge in [-0.25, -0.2) is 4.79 Å². The summed E-state index contributed by atoms with van der Waals surface area (Å²) in [5.41, 5.74) is 4.47. The maximum Gasteiger partial charge on any atom is 0.331 e. The van der Waals surface area contributed by atoms with Crippen molar-refractivity contribution >= 4 is 46.8 Å². The molecule has 27 heavy (non-hydrogen) atoms. The Morgan fingerprint density at radius 3 is 2.26 bits per heavy atom. The molecule has 2 rings (SSSR count). The Hall–Kier alpha value is -2.30. The van der Waals surface area contributed by atoms with Gasteiger partial charge in [-0.05, 0) is 62.6 Å². The normalized spacial score (nSPS) is 12.1. The van der Waals surface area contributed by atoms with Crippen LogP contribution in [-0.4, -0.2) is 18.0 Å². The number of aryl methyl sites for hydroxylation is 3. The molecule has 142 valence electrons. The second-order valence-corrected chi connectivity index (χ2v) is 7.16. The highest BCUT2D eigenvalue weighted by Crippen LogP contribution is 2.23. The van der Waals surface area contributed by atoms with Crippen LogP contribution in [-0.2, 0) is 14.3 Å². The molecule has 2 aromatic rings. The van der Waals surface area contributed by atoms with Crippen LogP contribution in [0.3, 0.4) is 0 Å². The standard InChI is InChI=1S/C21H21Cl2NO3/c1-12-9-13(2)20(14(3)10-12)24-21(26)15(4)27-19(25)8-6-16-5-7-17(22)18(23)11-16/h5-11,15H,1-4H3,(H,24,26)/b8-6+/t15-/m0/s1. The fourth-order valence-electron chi connectivity index (χ4n) is 2.65. The van der Waals surface area contributed by atoms with Crippen molar-refractivity contribution in [3.8, 4) is 0 Å². The smallest absolute Gasteiger partial charge is 0.331 e. The van der Waals surface area contributed by atoms with Gasteiger partial charge < -0.3 is 10.1 Å². The van der Waals surface area contributed by atoms with E-state index in [1.165, 1.54) is 13.0 Å². The molecule has 2 aromatic carbocycles. The van der Waals surface area contributed by atoms with Crippen molar-refractivity contribution in [2.24, 2.45) is 0 Å². The Labute approximate surface area is 169 Å². The van der Waals surface area contributed by atoms with Crippen LogP contribution < -0.4 is 5.32 Å². The van der Waals surface area contributed by atoms with Gasteiger partial charge in [-0.3, -0.25) is 4.79 Å². The van der Waals surface area contributed by atoms with Gasteiger partial charge in [0.2, 0.25) is 0 Å². The quantitative estimate of drug-likeness (QED) is 0.527. The molecule has 0 unspecified atom stereocenters. The summed E-state index contributed by atoms with van der Waals surface area (Å²) in [6.45, 7) is 7.37. The van der Waals surface area contributed by atoms with Gasteiger partial charge in [0.15, 0.2) is 6.10 Å². The predicted octanol–water partition coefficient (Wildman–Crippen LogP) is 5.50. The maximum atomic E-state index is 12.3. The van der Waals surface area contributed by atoms with Crippen molar-refractivity contribution in [3.63, 3.8) is 0 Å². The Morgan fingerprint density at radius 1 is 1.04 bits per heavy atom. The summed E-state index contributed by atoms with van der Waals surface area (Å²) < 4.78 is 5.17. The minimum absolute atomic E-state index is 0.388. The number of hydrogen-bond acceptors (Lipinski definition) is 3. The number of benzene rings is 2. The van der Waals surface area contributed by atoms with Crippen molar-refractivity contribution in [1.29, 1.82) is 0 Å². The van der Waals surface area contributed by atoms with Gasteiger partial charge in [0.25, 0.3) is 5.91 Å². The van der Waals surface area contributed by atoms with E-state index in [0.717, 1.165) is 22.4 Å². The summed E-state index contributed by atoms with van der Waals surface area (Å²) in [7, 11) is 0. The number of esters is 1. The molecule has 1 amide bonds. The first kappa shape index (κ1) is 21.0. The largest absolute Gasteiger partial charge is 0.449 e. The number of carbonyl (C=O) groups is 2. The van der Waals surface area contributed by atoms with Gasteiger partial charge in [0.1, 0.15) is 0 Å². The van der Waals surface area contributed by atoms with Gasteiger partial charge in [-0.15, -0.1) is 0 Å². The number of carbonyl (C=O) groups excluding carboxylic acids is 2. The molecule has 0 radical (unpaired) electrons. The second kappa shape index (κ2) is 9.07. The molecule has 0 fully saturated rings. The van der Waals surface area contributed by atoms with Gasteiger partial charge in [0, 0.05) is 11.8 Å². The van der Waals surface area contributed by atoms with Crippen LogP contribution in [0.1, 0.15) is 29.2 Å². The van der Waals surface area contributed by atoms with E-state index in [4.69, 9.17) is 27.9 Å². The zero-order valence-electron chi connectivity index (χ0n) is 15.6. The van der Waals surface area contributed by atoms with Crippen molar-refractivity contribution in [2.75, 3.05) is 5.32 Å². The van der Waals surface area contributed by atoms with Crippen LogP contribution in [0.15, 0.2) is 36.4 Å². The van der Waals surface area contributed by atoms with Crippen LogP contribution in [0, 0.1) is 20.8 Å². The molecule has 6 heteroatoms. The average Bonchev–Trinajstić information content (AvgIpc) is 2.58. The first-order valence-electron chi connectivity index (χ1n) is 8.40. The third kappa shape index (κ3) is 5.84. The topological polar surface area (TPSA) is 55.4 Å². The molecule has 1 N–H and O–H groups in total. The molecule has 4 nitrogen and oxygen atoms in total. The first-order valence-corrected chi connectivity index (χ1v) is 9.15. The molecular weight excluding hydrogens is 385 g/mol. The van der Waals surface area contributed by atoms with Crippen LogP contribution in [0.5, 0.6) is 0 Å². The van der Waals surface area contributed by atoms with E-state index in [2.05, 4.69) is 5.32 Å². The highest BCUT2D eigenvalue weighted by atomic mass is 35.5. The predicted molar refractivity (Wildman–Crippen MR) is 110 cm³/mol. The number of hydrogen-bond donors (Lipinski definition) is 1. The number of halogens is 2. The van der Waals surface area contributed by atoms with Gasteiger partial charge in [-0.1, -0.05) is 47.0 Å². The molecule has 0 spiro atoms. The zero-order chi connectivity index (χ0) is 20.1. The lowest BCUT2D eigenvalue weighted by Crippen LogP contribution is -2.30. The van der Waals surface area contributed by atoms with Crippen molar-refractivity contribution < 1.29 is 14.3 Å². The molecule has 0 aliphatic heterocycles. The lowest BCUT2D eigenvalue weighted by Gasteiger charge is -2.16. The van der Waals surface area contributed by atoms with Crippen LogP contribution in [0.4, 0.5) is 5.69 Å². The van der Waals surface area contributed by atoms with Gasteiger partial charge >= 0.3 is 5.97 Å². The molecule has 0 aliphatic carbocycles. The lowest BCUT2D eigenvalue weighted by molar-refractivity contribution is -0.148. The molecule has 0 heterocycles. The van der Waals surface area contributed by atoms with Gasteiger partial charge in [-0.2, -0.15) is 0 Å². The number of rotatable bonds is 5. The summed E-state index contributed by atoms with van der Waals surface area (Å²) in [6, 6.07) is 8.96. The highest BCUT2D eigenvalue weighted by molar-refractivity contribution is 6.42. The van der Waals surface area contributed by atoms with Crippen LogP contribution in [0.2, 0.25) is 10.0 Å². The summed E-state index contributed by atoms with van der Waals surface area (Å²) in [4.78, 5) is 24.3. The third-order valence-electron chi connectivity index (χ3n) is 3.94. The zero-order valence-corrected chi connectivity index (χ0v) is 17.1. The Bertz CT molecular complexity index is 883. The van der Waals surface area contributed by atoms with Crippen molar-refractivity contribution in [3.05, 3.63) is 68.7 Å². The van der Waals surface area contributed by atoms with Gasteiger partial charge in [0.05, 0.1) is 10.0 Å². The number of nitrogens with one attached hydrogen (secondary N) is 1.